The number of hydrogen-bond donors (Lipinski definition) is 1. The molecular formula is C13H13ClN2S. The summed E-state index contributed by atoms with van der Waals surface area (Å²) >= 11 is 7.67. The van der Waals surface area contributed by atoms with Gasteiger partial charge < -0.3 is 5.73 Å². The summed E-state index contributed by atoms with van der Waals surface area (Å²) < 4.78 is 0. The second-order valence-corrected chi connectivity index (χ2v) is 5.16. The van der Waals surface area contributed by atoms with Gasteiger partial charge in [0.05, 0.1) is 5.02 Å². The van der Waals surface area contributed by atoms with Crippen molar-refractivity contribution in [1.82, 2.24) is 4.98 Å². The van der Waals surface area contributed by atoms with Crippen LogP contribution >= 0.6 is 23.4 Å². The Hall–Kier alpha value is -1.03. The van der Waals surface area contributed by atoms with E-state index < -0.39 is 0 Å². The fraction of sp³-hybridized carbons (Fsp3) is 0.154. The average molecular weight is 265 g/mol. The molecule has 1 aromatic heterocycles. The maximum absolute atomic E-state index is 6.13. The van der Waals surface area contributed by atoms with Crippen molar-refractivity contribution in [3.63, 3.8) is 0 Å². The molecule has 4 heteroatoms. The maximum atomic E-state index is 6.13. The van der Waals surface area contributed by atoms with Crippen molar-refractivity contribution < 1.29 is 0 Å². The van der Waals surface area contributed by atoms with Crippen molar-refractivity contribution in [3.8, 4) is 0 Å². The number of nitrogens with zero attached hydrogens (tertiary/aromatic N) is 1. The van der Waals surface area contributed by atoms with Crippen molar-refractivity contribution in [1.29, 1.82) is 0 Å². The zero-order valence-corrected chi connectivity index (χ0v) is 11.0. The molecule has 1 atom stereocenters. The van der Waals surface area contributed by atoms with E-state index in [1.807, 2.05) is 43.3 Å². The van der Waals surface area contributed by atoms with Gasteiger partial charge in [0, 0.05) is 22.7 Å². The molecular weight excluding hydrogens is 252 g/mol. The molecule has 0 aliphatic rings. The van der Waals surface area contributed by atoms with E-state index in [9.17, 15) is 0 Å². The molecule has 1 aromatic carbocycles. The van der Waals surface area contributed by atoms with Gasteiger partial charge in [-0.05, 0) is 25.1 Å². The standard InChI is InChI=1S/C13H13ClN2S/c1-9(15)10-5-4-8-16-13(10)17-12-7-3-2-6-11(12)14/h2-9H,15H2,1H3. The highest BCUT2D eigenvalue weighted by Gasteiger charge is 2.10. The fourth-order valence-corrected chi connectivity index (χ4v) is 2.72. The van der Waals surface area contributed by atoms with E-state index in [1.54, 1.807) is 18.0 Å². The van der Waals surface area contributed by atoms with Crippen molar-refractivity contribution in [2.75, 3.05) is 0 Å². The zero-order valence-electron chi connectivity index (χ0n) is 9.43. The topological polar surface area (TPSA) is 38.9 Å². The predicted molar refractivity (Wildman–Crippen MR) is 72.4 cm³/mol. The molecule has 0 bridgehead atoms. The van der Waals surface area contributed by atoms with Crippen LogP contribution in [0.2, 0.25) is 5.02 Å². The van der Waals surface area contributed by atoms with Gasteiger partial charge in [-0.15, -0.1) is 0 Å². The van der Waals surface area contributed by atoms with Crippen molar-refractivity contribution in [2.24, 2.45) is 5.73 Å². The van der Waals surface area contributed by atoms with Gasteiger partial charge in [-0.3, -0.25) is 0 Å². The maximum Gasteiger partial charge on any atom is 0.106 e. The first-order valence-electron chi connectivity index (χ1n) is 5.31. The highest BCUT2D eigenvalue weighted by Crippen LogP contribution is 2.34. The van der Waals surface area contributed by atoms with Crippen molar-refractivity contribution >= 4 is 23.4 Å². The lowest BCUT2D eigenvalue weighted by molar-refractivity contribution is 0.779. The Morgan fingerprint density at radius 3 is 2.71 bits per heavy atom. The van der Waals surface area contributed by atoms with Crippen molar-refractivity contribution in [3.05, 3.63) is 53.2 Å². The first kappa shape index (κ1) is 12.4. The average Bonchev–Trinajstić information content (AvgIpc) is 2.32. The van der Waals surface area contributed by atoms with Gasteiger partial charge in [0.1, 0.15) is 5.03 Å². The molecule has 17 heavy (non-hydrogen) atoms. The second kappa shape index (κ2) is 5.54. The van der Waals surface area contributed by atoms with Crippen LogP contribution in [0, 0.1) is 0 Å². The first-order valence-corrected chi connectivity index (χ1v) is 6.51. The number of nitrogens with two attached hydrogens (primary N) is 1. The fourth-order valence-electron chi connectivity index (χ4n) is 1.47. The van der Waals surface area contributed by atoms with Gasteiger partial charge in [0.15, 0.2) is 0 Å². The highest BCUT2D eigenvalue weighted by molar-refractivity contribution is 7.99. The van der Waals surface area contributed by atoms with Crippen LogP contribution in [-0.2, 0) is 0 Å². The Morgan fingerprint density at radius 1 is 1.24 bits per heavy atom. The Bertz CT molecular complexity index is 514. The summed E-state index contributed by atoms with van der Waals surface area (Å²) in [5, 5.41) is 1.65. The molecule has 0 radical (unpaired) electrons. The largest absolute Gasteiger partial charge is 0.324 e. The first-order chi connectivity index (χ1) is 8.18. The van der Waals surface area contributed by atoms with E-state index in [2.05, 4.69) is 4.98 Å². The summed E-state index contributed by atoms with van der Waals surface area (Å²) in [7, 11) is 0. The Kier molecular flexibility index (Phi) is 4.05. The summed E-state index contributed by atoms with van der Waals surface area (Å²) in [6.45, 7) is 1.95. The third-order valence-electron chi connectivity index (χ3n) is 2.33. The third kappa shape index (κ3) is 3.00. The molecule has 0 saturated heterocycles. The molecule has 88 valence electrons. The van der Waals surface area contributed by atoms with E-state index >= 15 is 0 Å². The van der Waals surface area contributed by atoms with Crippen LogP contribution in [0.4, 0.5) is 0 Å². The molecule has 1 heterocycles. The van der Waals surface area contributed by atoms with Crippen LogP contribution in [0.25, 0.3) is 0 Å². The third-order valence-corrected chi connectivity index (χ3v) is 3.89. The van der Waals surface area contributed by atoms with Crippen LogP contribution < -0.4 is 5.73 Å². The number of rotatable bonds is 3. The molecule has 2 N–H and O–H groups in total. The molecule has 2 rings (SSSR count). The molecule has 0 spiro atoms. The predicted octanol–water partition coefficient (Wildman–Crippen LogP) is 3.91. The minimum absolute atomic E-state index is 0.0336. The van der Waals surface area contributed by atoms with E-state index in [4.69, 9.17) is 17.3 Å². The Labute approximate surface area is 110 Å². The second-order valence-electron chi connectivity index (χ2n) is 3.72. The summed E-state index contributed by atoms with van der Waals surface area (Å²) in [6.07, 6.45) is 1.77. The molecule has 0 fully saturated rings. The lowest BCUT2D eigenvalue weighted by Crippen LogP contribution is -2.07. The Balaban J connectivity index is 2.34. The lowest BCUT2D eigenvalue weighted by atomic mass is 10.2. The number of halogens is 1. The quantitative estimate of drug-likeness (QED) is 0.914. The molecule has 2 nitrogen and oxygen atoms in total. The van der Waals surface area contributed by atoms with Gasteiger partial charge in [0.25, 0.3) is 0 Å². The number of hydrogen-bond acceptors (Lipinski definition) is 3. The van der Waals surface area contributed by atoms with Crippen LogP contribution in [0.3, 0.4) is 0 Å². The monoisotopic (exact) mass is 264 g/mol. The summed E-state index contributed by atoms with van der Waals surface area (Å²) in [5.74, 6) is 0. The molecule has 0 amide bonds. The molecule has 2 aromatic rings. The summed E-state index contributed by atoms with van der Waals surface area (Å²) in [6, 6.07) is 11.6. The Morgan fingerprint density at radius 2 is 2.00 bits per heavy atom. The van der Waals surface area contributed by atoms with E-state index in [0.717, 1.165) is 20.5 Å². The molecule has 0 aliphatic heterocycles. The molecule has 0 aliphatic carbocycles. The van der Waals surface area contributed by atoms with Crippen LogP contribution in [0.15, 0.2) is 52.5 Å². The zero-order chi connectivity index (χ0) is 12.3. The van der Waals surface area contributed by atoms with Crippen LogP contribution in [-0.4, -0.2) is 4.98 Å². The van der Waals surface area contributed by atoms with E-state index in [1.165, 1.54) is 0 Å². The highest BCUT2D eigenvalue weighted by atomic mass is 35.5. The minimum Gasteiger partial charge on any atom is -0.324 e. The normalized spacial score (nSPS) is 12.4. The van der Waals surface area contributed by atoms with Gasteiger partial charge in [0.2, 0.25) is 0 Å². The van der Waals surface area contributed by atoms with E-state index in [-0.39, 0.29) is 6.04 Å². The number of benzene rings is 1. The van der Waals surface area contributed by atoms with Gasteiger partial charge in [-0.1, -0.05) is 41.6 Å². The van der Waals surface area contributed by atoms with Crippen molar-refractivity contribution in [2.45, 2.75) is 22.9 Å². The van der Waals surface area contributed by atoms with Gasteiger partial charge in [-0.25, -0.2) is 4.98 Å². The van der Waals surface area contributed by atoms with Crippen LogP contribution in [0.5, 0.6) is 0 Å². The lowest BCUT2D eigenvalue weighted by Gasteiger charge is -2.11. The smallest absolute Gasteiger partial charge is 0.106 e. The van der Waals surface area contributed by atoms with Gasteiger partial charge in [-0.2, -0.15) is 0 Å². The SMILES string of the molecule is CC(N)c1cccnc1Sc1ccccc1Cl. The molecule has 1 unspecified atom stereocenters. The van der Waals surface area contributed by atoms with Gasteiger partial charge >= 0.3 is 0 Å². The van der Waals surface area contributed by atoms with Crippen LogP contribution in [0.1, 0.15) is 18.5 Å². The number of pyridine rings is 1. The molecule has 0 saturated carbocycles. The minimum atomic E-state index is -0.0336. The van der Waals surface area contributed by atoms with E-state index in [0.29, 0.717) is 0 Å². The number of aromatic nitrogens is 1. The summed E-state index contributed by atoms with van der Waals surface area (Å²) in [4.78, 5) is 5.36. The summed E-state index contributed by atoms with van der Waals surface area (Å²) in [5.41, 5.74) is 6.96.